The van der Waals surface area contributed by atoms with Crippen LogP contribution in [-0.2, 0) is 4.74 Å². The van der Waals surface area contributed by atoms with E-state index in [1.54, 1.807) is 0 Å². The van der Waals surface area contributed by atoms with E-state index in [1.165, 1.54) is 0 Å². The van der Waals surface area contributed by atoms with E-state index in [0.717, 1.165) is 24.6 Å². The lowest BCUT2D eigenvalue weighted by atomic mass is 10.3. The number of nitrogens with one attached hydrogen (secondary N) is 1. The van der Waals surface area contributed by atoms with Gasteiger partial charge in [0.05, 0.1) is 18.5 Å². The van der Waals surface area contributed by atoms with Crippen LogP contribution in [-0.4, -0.2) is 24.2 Å². The average molecular weight is 194 g/mol. The molecule has 0 aliphatic heterocycles. The Labute approximate surface area is 85.5 Å². The molecule has 1 heterocycles. The molecule has 0 bridgehead atoms. The molecule has 1 rings (SSSR count). The van der Waals surface area contributed by atoms with E-state index in [-0.39, 0.29) is 0 Å². The third kappa shape index (κ3) is 3.75. The second kappa shape index (κ2) is 5.60. The second-order valence-electron chi connectivity index (χ2n) is 3.39. The number of ether oxygens (including phenoxy) is 1. The molecule has 0 spiro atoms. The van der Waals surface area contributed by atoms with Crippen LogP contribution < -0.4 is 5.32 Å². The number of nitrogens with zero attached hydrogens (tertiary/aromatic N) is 1. The van der Waals surface area contributed by atoms with Crippen LogP contribution in [0.4, 0.5) is 5.69 Å². The summed E-state index contributed by atoms with van der Waals surface area (Å²) < 4.78 is 5.31. The maximum Gasteiger partial charge on any atom is 0.0664 e. The molecule has 14 heavy (non-hydrogen) atoms. The van der Waals surface area contributed by atoms with Crippen LogP contribution >= 0.6 is 0 Å². The predicted molar refractivity (Wildman–Crippen MR) is 58.6 cm³/mol. The van der Waals surface area contributed by atoms with Crippen LogP contribution in [0, 0.1) is 6.92 Å². The summed E-state index contributed by atoms with van der Waals surface area (Å²) in [6.07, 6.45) is 1.85. The first kappa shape index (κ1) is 11.0. The van der Waals surface area contributed by atoms with Crippen molar-refractivity contribution >= 4 is 5.69 Å². The number of pyridine rings is 1. The summed E-state index contributed by atoms with van der Waals surface area (Å²) in [5, 5.41) is 3.32. The van der Waals surface area contributed by atoms with Crippen molar-refractivity contribution in [1.82, 2.24) is 4.98 Å². The van der Waals surface area contributed by atoms with E-state index in [2.05, 4.69) is 17.2 Å². The topological polar surface area (TPSA) is 34.1 Å². The minimum absolute atomic E-state index is 0.319. The smallest absolute Gasteiger partial charge is 0.0664 e. The maximum atomic E-state index is 5.31. The summed E-state index contributed by atoms with van der Waals surface area (Å²) in [7, 11) is 0. The van der Waals surface area contributed by atoms with Crippen molar-refractivity contribution in [2.45, 2.75) is 26.8 Å². The largest absolute Gasteiger partial charge is 0.380 e. The molecule has 3 nitrogen and oxygen atoms in total. The molecule has 1 N–H and O–H groups in total. The highest BCUT2D eigenvalue weighted by molar-refractivity contribution is 5.41. The van der Waals surface area contributed by atoms with Crippen LogP contribution in [0.25, 0.3) is 0 Å². The summed E-state index contributed by atoms with van der Waals surface area (Å²) >= 11 is 0. The quantitative estimate of drug-likeness (QED) is 0.780. The van der Waals surface area contributed by atoms with Crippen molar-refractivity contribution in [3.05, 3.63) is 24.0 Å². The zero-order valence-corrected chi connectivity index (χ0v) is 9.08. The summed E-state index contributed by atoms with van der Waals surface area (Å²) in [5.41, 5.74) is 2.08. The Balaban J connectivity index is 2.39. The first-order chi connectivity index (χ1) is 6.72. The number of anilines is 1. The average Bonchev–Trinajstić information content (AvgIpc) is 2.18. The summed E-state index contributed by atoms with van der Waals surface area (Å²) in [6, 6.07) is 4.35. The fraction of sp³-hybridized carbons (Fsp3) is 0.545. The van der Waals surface area contributed by atoms with Gasteiger partial charge in [-0.15, -0.1) is 0 Å². The van der Waals surface area contributed by atoms with Crippen molar-refractivity contribution in [3.63, 3.8) is 0 Å². The molecule has 0 radical (unpaired) electrons. The zero-order valence-electron chi connectivity index (χ0n) is 9.08. The van der Waals surface area contributed by atoms with Gasteiger partial charge < -0.3 is 10.1 Å². The number of hydrogen-bond acceptors (Lipinski definition) is 3. The molecule has 0 aliphatic rings. The molecular weight excluding hydrogens is 176 g/mol. The van der Waals surface area contributed by atoms with Crippen LogP contribution in [0.15, 0.2) is 18.3 Å². The lowest BCUT2D eigenvalue weighted by Gasteiger charge is -2.14. The van der Waals surface area contributed by atoms with Crippen LogP contribution in [0.2, 0.25) is 0 Å². The highest BCUT2D eigenvalue weighted by atomic mass is 16.5. The van der Waals surface area contributed by atoms with E-state index >= 15 is 0 Å². The molecule has 1 aromatic rings. The Morgan fingerprint density at radius 3 is 2.86 bits per heavy atom. The standard InChI is InChI=1S/C11H18N2O/c1-4-14-8-10(3)13-11-6-5-9(2)12-7-11/h5-7,10,13H,4,8H2,1-3H3. The van der Waals surface area contributed by atoms with Crippen LogP contribution in [0.3, 0.4) is 0 Å². The molecule has 0 amide bonds. The molecule has 0 saturated heterocycles. The fourth-order valence-corrected chi connectivity index (χ4v) is 1.17. The first-order valence-corrected chi connectivity index (χ1v) is 4.99. The van der Waals surface area contributed by atoms with Crippen molar-refractivity contribution in [1.29, 1.82) is 0 Å². The van der Waals surface area contributed by atoms with Gasteiger partial charge in [0, 0.05) is 18.3 Å². The van der Waals surface area contributed by atoms with Gasteiger partial charge in [0.25, 0.3) is 0 Å². The minimum Gasteiger partial charge on any atom is -0.380 e. The monoisotopic (exact) mass is 194 g/mol. The Morgan fingerprint density at radius 1 is 1.50 bits per heavy atom. The Morgan fingerprint density at radius 2 is 2.29 bits per heavy atom. The van der Waals surface area contributed by atoms with Gasteiger partial charge in [-0.25, -0.2) is 0 Å². The molecule has 78 valence electrons. The van der Waals surface area contributed by atoms with Crippen molar-refractivity contribution in [3.8, 4) is 0 Å². The molecule has 1 atom stereocenters. The van der Waals surface area contributed by atoms with Gasteiger partial charge in [-0.05, 0) is 32.9 Å². The number of rotatable bonds is 5. The van der Waals surface area contributed by atoms with Crippen molar-refractivity contribution in [2.24, 2.45) is 0 Å². The fourth-order valence-electron chi connectivity index (χ4n) is 1.17. The zero-order chi connectivity index (χ0) is 10.4. The van der Waals surface area contributed by atoms with E-state index in [4.69, 9.17) is 4.74 Å². The van der Waals surface area contributed by atoms with E-state index in [9.17, 15) is 0 Å². The molecule has 0 saturated carbocycles. The molecule has 0 fully saturated rings. The second-order valence-corrected chi connectivity index (χ2v) is 3.39. The Bertz CT molecular complexity index is 258. The van der Waals surface area contributed by atoms with E-state index < -0.39 is 0 Å². The van der Waals surface area contributed by atoms with Gasteiger partial charge in [-0.3, -0.25) is 4.98 Å². The predicted octanol–water partition coefficient (Wildman–Crippen LogP) is 2.23. The summed E-state index contributed by atoms with van der Waals surface area (Å²) in [5.74, 6) is 0. The molecule has 1 unspecified atom stereocenters. The number of aryl methyl sites for hydroxylation is 1. The highest BCUT2D eigenvalue weighted by Gasteiger charge is 2.01. The summed E-state index contributed by atoms with van der Waals surface area (Å²) in [6.45, 7) is 7.56. The lowest BCUT2D eigenvalue weighted by molar-refractivity contribution is 0.141. The van der Waals surface area contributed by atoms with Crippen molar-refractivity contribution in [2.75, 3.05) is 18.5 Å². The lowest BCUT2D eigenvalue weighted by Crippen LogP contribution is -2.21. The maximum absolute atomic E-state index is 5.31. The molecule has 0 aliphatic carbocycles. The first-order valence-electron chi connectivity index (χ1n) is 4.99. The van der Waals surface area contributed by atoms with Gasteiger partial charge >= 0.3 is 0 Å². The molecular formula is C11H18N2O. The van der Waals surface area contributed by atoms with Gasteiger partial charge in [0.1, 0.15) is 0 Å². The Kier molecular flexibility index (Phi) is 4.40. The molecule has 1 aromatic heterocycles. The third-order valence-electron chi connectivity index (χ3n) is 1.90. The SMILES string of the molecule is CCOCC(C)Nc1ccc(C)nc1. The minimum atomic E-state index is 0.319. The Hall–Kier alpha value is -1.09. The van der Waals surface area contributed by atoms with E-state index in [0.29, 0.717) is 6.04 Å². The van der Waals surface area contributed by atoms with Gasteiger partial charge in [0.2, 0.25) is 0 Å². The van der Waals surface area contributed by atoms with Gasteiger partial charge in [-0.1, -0.05) is 0 Å². The van der Waals surface area contributed by atoms with Crippen LogP contribution in [0.1, 0.15) is 19.5 Å². The normalized spacial score (nSPS) is 12.5. The van der Waals surface area contributed by atoms with Gasteiger partial charge in [0.15, 0.2) is 0 Å². The van der Waals surface area contributed by atoms with Gasteiger partial charge in [-0.2, -0.15) is 0 Å². The highest BCUT2D eigenvalue weighted by Crippen LogP contribution is 2.07. The van der Waals surface area contributed by atoms with Crippen LogP contribution in [0.5, 0.6) is 0 Å². The van der Waals surface area contributed by atoms with E-state index in [1.807, 2.05) is 32.2 Å². The number of aromatic nitrogens is 1. The molecule has 0 aromatic carbocycles. The van der Waals surface area contributed by atoms with Crippen molar-refractivity contribution < 1.29 is 4.74 Å². The summed E-state index contributed by atoms with van der Waals surface area (Å²) in [4.78, 5) is 4.21. The molecule has 3 heteroatoms. The number of hydrogen-bond donors (Lipinski definition) is 1. The third-order valence-corrected chi connectivity index (χ3v) is 1.90.